The Bertz CT molecular complexity index is 337. The minimum atomic E-state index is -0.818. The van der Waals surface area contributed by atoms with E-state index in [4.69, 9.17) is 5.73 Å². The van der Waals surface area contributed by atoms with Crippen LogP contribution in [-0.4, -0.2) is 27.5 Å². The maximum Gasteiger partial charge on any atom is 0.239 e. The molecule has 3 N–H and O–H groups in total. The van der Waals surface area contributed by atoms with Crippen molar-refractivity contribution in [3.05, 3.63) is 18.2 Å². The number of hydrogen-bond acceptors (Lipinski definition) is 3. The molecule has 5 heteroatoms. The van der Waals surface area contributed by atoms with Gasteiger partial charge in [0.15, 0.2) is 0 Å². The van der Waals surface area contributed by atoms with Gasteiger partial charge in [0, 0.05) is 32.4 Å². The maximum absolute atomic E-state index is 11.4. The molecular formula is C10H18N4O. The van der Waals surface area contributed by atoms with Crippen molar-refractivity contribution in [1.82, 2.24) is 14.9 Å². The number of aromatic nitrogens is 2. The molecule has 5 nitrogen and oxygen atoms in total. The molecule has 15 heavy (non-hydrogen) atoms. The van der Waals surface area contributed by atoms with Gasteiger partial charge in [0.1, 0.15) is 5.82 Å². The standard InChI is InChI=1S/C10H18N4O/c1-10(2,11)9(15)13-5-4-8-12-6-7-14(8)3/h6-7H,4-5,11H2,1-3H3,(H,13,15). The molecule has 1 rings (SSSR count). The number of aryl methyl sites for hydroxylation is 1. The third kappa shape index (κ3) is 3.36. The predicted octanol–water partition coefficient (Wildman–Crippen LogP) is -0.184. The van der Waals surface area contributed by atoms with Crippen LogP contribution in [0.25, 0.3) is 0 Å². The number of amides is 1. The van der Waals surface area contributed by atoms with E-state index in [1.54, 1.807) is 20.0 Å². The number of carbonyl (C=O) groups is 1. The second-order valence-corrected chi connectivity index (χ2v) is 4.18. The van der Waals surface area contributed by atoms with Gasteiger partial charge in [-0.25, -0.2) is 4.98 Å². The highest BCUT2D eigenvalue weighted by Gasteiger charge is 2.20. The van der Waals surface area contributed by atoms with Crippen LogP contribution >= 0.6 is 0 Å². The Morgan fingerprint density at radius 3 is 2.80 bits per heavy atom. The van der Waals surface area contributed by atoms with Crippen molar-refractivity contribution in [3.8, 4) is 0 Å². The van der Waals surface area contributed by atoms with Crippen molar-refractivity contribution in [3.63, 3.8) is 0 Å². The van der Waals surface area contributed by atoms with Gasteiger partial charge in [0.25, 0.3) is 0 Å². The van der Waals surface area contributed by atoms with Crippen LogP contribution in [0.2, 0.25) is 0 Å². The molecule has 1 aromatic heterocycles. The lowest BCUT2D eigenvalue weighted by molar-refractivity contribution is -0.125. The van der Waals surface area contributed by atoms with Crippen LogP contribution in [0.4, 0.5) is 0 Å². The summed E-state index contributed by atoms with van der Waals surface area (Å²) in [6.45, 7) is 3.93. The zero-order valence-electron chi connectivity index (χ0n) is 9.45. The maximum atomic E-state index is 11.4. The van der Waals surface area contributed by atoms with Crippen LogP contribution < -0.4 is 11.1 Å². The second-order valence-electron chi connectivity index (χ2n) is 4.18. The van der Waals surface area contributed by atoms with E-state index >= 15 is 0 Å². The first-order valence-electron chi connectivity index (χ1n) is 4.94. The van der Waals surface area contributed by atoms with Gasteiger partial charge >= 0.3 is 0 Å². The average Bonchev–Trinajstić information content (AvgIpc) is 2.50. The van der Waals surface area contributed by atoms with Crippen molar-refractivity contribution in [2.75, 3.05) is 6.54 Å². The van der Waals surface area contributed by atoms with E-state index in [1.807, 2.05) is 17.8 Å². The van der Waals surface area contributed by atoms with Crippen molar-refractivity contribution >= 4 is 5.91 Å². The summed E-state index contributed by atoms with van der Waals surface area (Å²) in [7, 11) is 1.93. The molecule has 0 atom stereocenters. The summed E-state index contributed by atoms with van der Waals surface area (Å²) in [5, 5.41) is 2.77. The molecule has 1 heterocycles. The van der Waals surface area contributed by atoms with E-state index in [2.05, 4.69) is 10.3 Å². The van der Waals surface area contributed by atoms with Gasteiger partial charge in [-0.1, -0.05) is 0 Å². The normalized spacial score (nSPS) is 11.5. The molecule has 0 aliphatic rings. The van der Waals surface area contributed by atoms with Crippen molar-refractivity contribution in [2.45, 2.75) is 25.8 Å². The molecule has 0 bridgehead atoms. The fourth-order valence-electron chi connectivity index (χ4n) is 1.15. The number of rotatable bonds is 4. The van der Waals surface area contributed by atoms with Crippen molar-refractivity contribution < 1.29 is 4.79 Å². The van der Waals surface area contributed by atoms with E-state index in [0.29, 0.717) is 13.0 Å². The van der Waals surface area contributed by atoms with Crippen LogP contribution in [-0.2, 0) is 18.3 Å². The highest BCUT2D eigenvalue weighted by atomic mass is 16.2. The minimum absolute atomic E-state index is 0.142. The third-order valence-corrected chi connectivity index (χ3v) is 2.14. The topological polar surface area (TPSA) is 72.9 Å². The molecule has 0 saturated heterocycles. The Balaban J connectivity index is 2.35. The number of carbonyl (C=O) groups excluding carboxylic acids is 1. The zero-order chi connectivity index (χ0) is 11.5. The van der Waals surface area contributed by atoms with E-state index in [9.17, 15) is 4.79 Å². The smallest absolute Gasteiger partial charge is 0.239 e. The molecule has 84 valence electrons. The summed E-state index contributed by atoms with van der Waals surface area (Å²) in [5.74, 6) is 0.807. The summed E-state index contributed by atoms with van der Waals surface area (Å²) in [6, 6.07) is 0. The molecule has 0 aromatic carbocycles. The largest absolute Gasteiger partial charge is 0.354 e. The number of nitrogens with zero attached hydrogens (tertiary/aromatic N) is 2. The number of hydrogen-bond donors (Lipinski definition) is 2. The molecular weight excluding hydrogens is 192 g/mol. The molecule has 1 aromatic rings. The Morgan fingerprint density at radius 1 is 1.67 bits per heavy atom. The molecule has 0 unspecified atom stereocenters. The molecule has 0 saturated carbocycles. The lowest BCUT2D eigenvalue weighted by atomic mass is 10.1. The molecule has 0 aliphatic heterocycles. The molecule has 0 radical (unpaired) electrons. The van der Waals surface area contributed by atoms with Gasteiger partial charge < -0.3 is 15.6 Å². The summed E-state index contributed by atoms with van der Waals surface area (Å²) < 4.78 is 1.93. The first-order valence-corrected chi connectivity index (χ1v) is 4.94. The quantitative estimate of drug-likeness (QED) is 0.724. The monoisotopic (exact) mass is 210 g/mol. The minimum Gasteiger partial charge on any atom is -0.354 e. The third-order valence-electron chi connectivity index (χ3n) is 2.14. The van der Waals surface area contributed by atoms with Gasteiger partial charge in [0.2, 0.25) is 5.91 Å². The van der Waals surface area contributed by atoms with E-state index in [0.717, 1.165) is 5.82 Å². The van der Waals surface area contributed by atoms with Gasteiger partial charge in [0.05, 0.1) is 5.54 Å². The molecule has 1 amide bonds. The first kappa shape index (κ1) is 11.7. The zero-order valence-corrected chi connectivity index (χ0v) is 9.45. The Morgan fingerprint density at radius 2 is 2.33 bits per heavy atom. The van der Waals surface area contributed by atoms with E-state index in [1.165, 1.54) is 0 Å². The van der Waals surface area contributed by atoms with Gasteiger partial charge in [-0.05, 0) is 13.8 Å². The summed E-state index contributed by atoms with van der Waals surface area (Å²) in [5.41, 5.74) is 4.82. The lowest BCUT2D eigenvalue weighted by Crippen LogP contribution is -2.49. The van der Waals surface area contributed by atoms with Gasteiger partial charge in [-0.15, -0.1) is 0 Å². The Kier molecular flexibility index (Phi) is 3.47. The summed E-state index contributed by atoms with van der Waals surface area (Å²) >= 11 is 0. The highest BCUT2D eigenvalue weighted by Crippen LogP contribution is 1.97. The molecule has 0 spiro atoms. The second kappa shape index (κ2) is 4.44. The Hall–Kier alpha value is -1.36. The van der Waals surface area contributed by atoms with Crippen molar-refractivity contribution in [1.29, 1.82) is 0 Å². The lowest BCUT2D eigenvalue weighted by Gasteiger charge is -2.17. The fraction of sp³-hybridized carbons (Fsp3) is 0.600. The van der Waals surface area contributed by atoms with Gasteiger partial charge in [-0.2, -0.15) is 0 Å². The van der Waals surface area contributed by atoms with Crippen LogP contribution in [0.3, 0.4) is 0 Å². The molecule has 0 aliphatic carbocycles. The SMILES string of the molecule is Cn1ccnc1CCNC(=O)C(C)(C)N. The summed E-state index contributed by atoms with van der Waals surface area (Å²) in [6.07, 6.45) is 4.33. The Labute approximate surface area is 89.7 Å². The number of nitrogens with two attached hydrogens (primary N) is 1. The number of imidazole rings is 1. The average molecular weight is 210 g/mol. The molecule has 0 fully saturated rings. The van der Waals surface area contributed by atoms with E-state index in [-0.39, 0.29) is 5.91 Å². The predicted molar refractivity (Wildman–Crippen MR) is 58.2 cm³/mol. The highest BCUT2D eigenvalue weighted by molar-refractivity contribution is 5.84. The van der Waals surface area contributed by atoms with Crippen LogP contribution in [0.5, 0.6) is 0 Å². The van der Waals surface area contributed by atoms with E-state index < -0.39 is 5.54 Å². The fourth-order valence-corrected chi connectivity index (χ4v) is 1.15. The van der Waals surface area contributed by atoms with Crippen LogP contribution in [0.15, 0.2) is 12.4 Å². The van der Waals surface area contributed by atoms with Crippen LogP contribution in [0.1, 0.15) is 19.7 Å². The number of nitrogens with one attached hydrogen (secondary N) is 1. The van der Waals surface area contributed by atoms with Crippen molar-refractivity contribution in [2.24, 2.45) is 12.8 Å². The first-order chi connectivity index (χ1) is 6.91. The summed E-state index contributed by atoms with van der Waals surface area (Å²) in [4.78, 5) is 15.6. The van der Waals surface area contributed by atoms with Gasteiger partial charge in [-0.3, -0.25) is 4.79 Å². The van der Waals surface area contributed by atoms with Crippen LogP contribution in [0, 0.1) is 0 Å².